The predicted octanol–water partition coefficient (Wildman–Crippen LogP) is 0.650. The SMILES string of the molecule is NC(=NO)c1ccc(N2CCCC2CO)c([N+](=O)[O-])c1. The van der Waals surface area contributed by atoms with Crippen molar-refractivity contribution in [1.82, 2.24) is 0 Å². The van der Waals surface area contributed by atoms with Gasteiger partial charge in [0.05, 0.1) is 17.6 Å². The lowest BCUT2D eigenvalue weighted by Gasteiger charge is -2.25. The highest BCUT2D eigenvalue weighted by molar-refractivity contribution is 5.98. The van der Waals surface area contributed by atoms with Crippen molar-refractivity contribution in [2.45, 2.75) is 18.9 Å². The number of nitrogens with two attached hydrogens (primary N) is 1. The highest BCUT2D eigenvalue weighted by atomic mass is 16.6. The first kappa shape index (κ1) is 14.1. The first-order valence-corrected chi connectivity index (χ1v) is 6.22. The Balaban J connectivity index is 2.45. The van der Waals surface area contributed by atoms with Crippen LogP contribution in [0.25, 0.3) is 0 Å². The van der Waals surface area contributed by atoms with Gasteiger partial charge in [0.2, 0.25) is 0 Å². The van der Waals surface area contributed by atoms with Crippen molar-refractivity contribution in [1.29, 1.82) is 0 Å². The van der Waals surface area contributed by atoms with E-state index in [2.05, 4.69) is 5.16 Å². The minimum Gasteiger partial charge on any atom is -0.409 e. The van der Waals surface area contributed by atoms with Crippen LogP contribution in [0.4, 0.5) is 11.4 Å². The number of nitrogens with zero attached hydrogens (tertiary/aromatic N) is 3. The Morgan fingerprint density at radius 3 is 2.95 bits per heavy atom. The summed E-state index contributed by atoms with van der Waals surface area (Å²) in [5.41, 5.74) is 6.05. The Hall–Kier alpha value is -2.35. The Morgan fingerprint density at radius 2 is 2.35 bits per heavy atom. The molecule has 0 radical (unpaired) electrons. The number of rotatable bonds is 4. The summed E-state index contributed by atoms with van der Waals surface area (Å²) >= 11 is 0. The van der Waals surface area contributed by atoms with Gasteiger partial charge in [0.1, 0.15) is 5.69 Å². The van der Waals surface area contributed by atoms with Crippen LogP contribution >= 0.6 is 0 Å². The topological polar surface area (TPSA) is 125 Å². The average molecular weight is 280 g/mol. The van der Waals surface area contributed by atoms with Gasteiger partial charge < -0.3 is 20.9 Å². The van der Waals surface area contributed by atoms with E-state index in [-0.39, 0.29) is 29.7 Å². The molecule has 1 aliphatic rings. The number of nitro benzene ring substituents is 1. The molecule has 1 aromatic rings. The van der Waals surface area contributed by atoms with Crippen LogP contribution in [0.1, 0.15) is 18.4 Å². The van der Waals surface area contributed by atoms with Gasteiger partial charge in [0.15, 0.2) is 5.84 Å². The fourth-order valence-corrected chi connectivity index (χ4v) is 2.47. The normalized spacial score (nSPS) is 19.4. The Bertz CT molecular complexity index is 546. The molecule has 0 amide bonds. The summed E-state index contributed by atoms with van der Waals surface area (Å²) < 4.78 is 0. The van der Waals surface area contributed by atoms with Crippen LogP contribution in [0.15, 0.2) is 23.4 Å². The fourth-order valence-electron chi connectivity index (χ4n) is 2.47. The van der Waals surface area contributed by atoms with Crippen LogP contribution in [0.5, 0.6) is 0 Å². The van der Waals surface area contributed by atoms with Crippen molar-refractivity contribution in [2.24, 2.45) is 10.9 Å². The van der Waals surface area contributed by atoms with E-state index in [0.717, 1.165) is 12.8 Å². The second-order valence-corrected chi connectivity index (χ2v) is 4.62. The molecule has 1 aliphatic heterocycles. The summed E-state index contributed by atoms with van der Waals surface area (Å²) in [6.07, 6.45) is 1.68. The predicted molar refractivity (Wildman–Crippen MR) is 73.1 cm³/mol. The molecule has 0 aromatic heterocycles. The van der Waals surface area contributed by atoms with Gasteiger partial charge in [-0.05, 0) is 25.0 Å². The van der Waals surface area contributed by atoms with Crippen LogP contribution < -0.4 is 10.6 Å². The standard InChI is InChI=1S/C12H16N4O4/c13-12(14-18)8-3-4-10(11(6-8)16(19)20)15-5-1-2-9(15)7-17/h3-4,6,9,17-18H,1-2,5,7H2,(H2,13,14). The first-order valence-electron chi connectivity index (χ1n) is 6.22. The Kier molecular flexibility index (Phi) is 4.04. The molecule has 0 aliphatic carbocycles. The van der Waals surface area contributed by atoms with E-state index >= 15 is 0 Å². The number of anilines is 1. The third-order valence-electron chi connectivity index (χ3n) is 3.47. The van der Waals surface area contributed by atoms with E-state index in [1.54, 1.807) is 12.1 Å². The van der Waals surface area contributed by atoms with Gasteiger partial charge in [0.25, 0.3) is 5.69 Å². The molecule has 8 heteroatoms. The van der Waals surface area contributed by atoms with Crippen LogP contribution in [0.3, 0.4) is 0 Å². The smallest absolute Gasteiger partial charge is 0.293 e. The second-order valence-electron chi connectivity index (χ2n) is 4.62. The van der Waals surface area contributed by atoms with E-state index < -0.39 is 4.92 Å². The second kappa shape index (κ2) is 5.74. The molecule has 1 aromatic carbocycles. The molecule has 0 bridgehead atoms. The maximum absolute atomic E-state index is 11.2. The van der Waals surface area contributed by atoms with Gasteiger partial charge in [0, 0.05) is 18.2 Å². The number of aliphatic hydroxyl groups is 1. The quantitative estimate of drug-likeness (QED) is 0.244. The number of nitro groups is 1. The lowest BCUT2D eigenvalue weighted by atomic mass is 10.1. The van der Waals surface area contributed by atoms with Gasteiger partial charge in [-0.2, -0.15) is 0 Å². The van der Waals surface area contributed by atoms with Crippen molar-refractivity contribution < 1.29 is 15.2 Å². The maximum Gasteiger partial charge on any atom is 0.293 e. The molecule has 0 spiro atoms. The monoisotopic (exact) mass is 280 g/mol. The largest absolute Gasteiger partial charge is 0.409 e. The van der Waals surface area contributed by atoms with Crippen molar-refractivity contribution in [3.05, 3.63) is 33.9 Å². The van der Waals surface area contributed by atoms with E-state index in [1.165, 1.54) is 6.07 Å². The molecular formula is C12H16N4O4. The summed E-state index contributed by atoms with van der Waals surface area (Å²) in [7, 11) is 0. The number of hydrogen-bond donors (Lipinski definition) is 3. The molecule has 20 heavy (non-hydrogen) atoms. The minimum absolute atomic E-state index is 0.0425. The molecule has 2 rings (SSSR count). The van der Waals surface area contributed by atoms with Crippen molar-refractivity contribution >= 4 is 17.2 Å². The number of aliphatic hydroxyl groups excluding tert-OH is 1. The van der Waals surface area contributed by atoms with Crippen LogP contribution in [0, 0.1) is 10.1 Å². The van der Waals surface area contributed by atoms with Gasteiger partial charge in [-0.1, -0.05) is 5.16 Å². The number of benzene rings is 1. The van der Waals surface area contributed by atoms with Crippen molar-refractivity contribution in [3.8, 4) is 0 Å². The highest BCUT2D eigenvalue weighted by Crippen LogP contribution is 2.34. The average Bonchev–Trinajstić information content (AvgIpc) is 2.93. The summed E-state index contributed by atoms with van der Waals surface area (Å²) in [6, 6.07) is 4.30. The Morgan fingerprint density at radius 1 is 1.60 bits per heavy atom. The fraction of sp³-hybridized carbons (Fsp3) is 0.417. The van der Waals surface area contributed by atoms with E-state index in [1.807, 2.05) is 4.90 Å². The Labute approximate surface area is 115 Å². The molecule has 1 atom stereocenters. The first-order chi connectivity index (χ1) is 9.58. The summed E-state index contributed by atoms with van der Waals surface area (Å²) in [6.45, 7) is 0.619. The van der Waals surface area contributed by atoms with Crippen LogP contribution in [-0.4, -0.2) is 40.3 Å². The lowest BCUT2D eigenvalue weighted by molar-refractivity contribution is -0.384. The van der Waals surface area contributed by atoms with E-state index in [0.29, 0.717) is 12.2 Å². The number of oxime groups is 1. The van der Waals surface area contributed by atoms with Crippen LogP contribution in [0.2, 0.25) is 0 Å². The van der Waals surface area contributed by atoms with Gasteiger partial charge in [-0.3, -0.25) is 10.1 Å². The zero-order valence-electron chi connectivity index (χ0n) is 10.8. The third kappa shape index (κ3) is 2.50. The number of hydrogen-bond acceptors (Lipinski definition) is 6. The summed E-state index contributed by atoms with van der Waals surface area (Å²) in [5, 5.41) is 32.0. The van der Waals surface area contributed by atoms with Crippen molar-refractivity contribution in [3.63, 3.8) is 0 Å². The van der Waals surface area contributed by atoms with Crippen molar-refractivity contribution in [2.75, 3.05) is 18.1 Å². The zero-order valence-corrected chi connectivity index (χ0v) is 10.8. The minimum atomic E-state index is -0.504. The van der Waals surface area contributed by atoms with Gasteiger partial charge in [-0.25, -0.2) is 0 Å². The van der Waals surface area contributed by atoms with Gasteiger partial charge in [-0.15, -0.1) is 0 Å². The van der Waals surface area contributed by atoms with E-state index in [9.17, 15) is 15.2 Å². The molecule has 8 nitrogen and oxygen atoms in total. The molecule has 0 saturated carbocycles. The molecule has 1 fully saturated rings. The number of amidine groups is 1. The molecule has 108 valence electrons. The van der Waals surface area contributed by atoms with Gasteiger partial charge >= 0.3 is 0 Å². The molecular weight excluding hydrogens is 264 g/mol. The molecule has 1 heterocycles. The molecule has 4 N–H and O–H groups in total. The van der Waals surface area contributed by atoms with E-state index in [4.69, 9.17) is 10.9 Å². The molecule has 1 unspecified atom stereocenters. The maximum atomic E-state index is 11.2. The lowest BCUT2D eigenvalue weighted by Crippen LogP contribution is -2.32. The summed E-state index contributed by atoms with van der Waals surface area (Å²) in [5.74, 6) is -0.181. The third-order valence-corrected chi connectivity index (χ3v) is 3.47. The van der Waals surface area contributed by atoms with Crippen LogP contribution in [-0.2, 0) is 0 Å². The zero-order chi connectivity index (χ0) is 14.7. The highest BCUT2D eigenvalue weighted by Gasteiger charge is 2.29. The summed E-state index contributed by atoms with van der Waals surface area (Å²) in [4.78, 5) is 12.5. The molecule has 1 saturated heterocycles.